The summed E-state index contributed by atoms with van der Waals surface area (Å²) in [7, 11) is 1.50. The summed E-state index contributed by atoms with van der Waals surface area (Å²) in [6.45, 7) is 3.00. The monoisotopic (exact) mass is 435 g/mol. The Bertz CT molecular complexity index is 1430. The summed E-state index contributed by atoms with van der Waals surface area (Å²) in [5, 5.41) is 11.7. The van der Waals surface area contributed by atoms with Gasteiger partial charge < -0.3 is 23.4 Å². The molecular weight excluding hydrogens is 414 g/mol. The standard InChI is InChI=1S/C24H21NO7/c1-29-20-4-2-3-14-11-17(24(28)32-22(14)20)16-12-21(27)31-23-15(16)5-6-19(26)18(23)13-25-7-9-30-10-8-25/h2-6,11-12,26H,7-10,13H2,1H3. The summed E-state index contributed by atoms with van der Waals surface area (Å²) in [5.41, 5.74) is 0.480. The molecule has 0 aliphatic carbocycles. The van der Waals surface area contributed by atoms with E-state index in [0.717, 1.165) is 0 Å². The van der Waals surface area contributed by atoms with Crippen LogP contribution < -0.4 is 16.0 Å². The van der Waals surface area contributed by atoms with Gasteiger partial charge in [-0.2, -0.15) is 0 Å². The predicted octanol–water partition coefficient (Wildman–Crippen LogP) is 3.11. The zero-order chi connectivity index (χ0) is 22.2. The van der Waals surface area contributed by atoms with E-state index in [9.17, 15) is 14.7 Å². The number of fused-ring (bicyclic) bond motifs is 2. The van der Waals surface area contributed by atoms with Gasteiger partial charge in [-0.15, -0.1) is 0 Å². The smallest absolute Gasteiger partial charge is 0.344 e. The number of rotatable bonds is 4. The van der Waals surface area contributed by atoms with Crippen LogP contribution in [0.4, 0.5) is 0 Å². The van der Waals surface area contributed by atoms with Crippen LogP contribution in [0.25, 0.3) is 33.1 Å². The van der Waals surface area contributed by atoms with Crippen molar-refractivity contribution in [2.45, 2.75) is 6.54 Å². The lowest BCUT2D eigenvalue weighted by Gasteiger charge is -2.27. The topological polar surface area (TPSA) is 102 Å². The van der Waals surface area contributed by atoms with E-state index in [4.69, 9.17) is 18.3 Å². The number of hydrogen-bond donors (Lipinski definition) is 1. The third-order valence-electron chi connectivity index (χ3n) is 5.71. The molecule has 2 aromatic heterocycles. The number of hydrogen-bond acceptors (Lipinski definition) is 8. The number of aromatic hydroxyl groups is 1. The Kier molecular flexibility index (Phi) is 5.16. The van der Waals surface area contributed by atoms with Crippen LogP contribution in [-0.4, -0.2) is 43.4 Å². The zero-order valence-corrected chi connectivity index (χ0v) is 17.4. The maximum atomic E-state index is 12.9. The Balaban J connectivity index is 1.72. The Morgan fingerprint density at radius 2 is 1.81 bits per heavy atom. The molecule has 164 valence electrons. The van der Waals surface area contributed by atoms with Gasteiger partial charge >= 0.3 is 11.3 Å². The number of para-hydroxylation sites is 1. The molecule has 0 spiro atoms. The highest BCUT2D eigenvalue weighted by Gasteiger charge is 2.21. The maximum Gasteiger partial charge on any atom is 0.344 e. The van der Waals surface area contributed by atoms with Gasteiger partial charge in [0.2, 0.25) is 0 Å². The van der Waals surface area contributed by atoms with Crippen LogP contribution >= 0.6 is 0 Å². The van der Waals surface area contributed by atoms with Crippen LogP contribution in [0.1, 0.15) is 5.56 Å². The highest BCUT2D eigenvalue weighted by atomic mass is 16.5. The summed E-state index contributed by atoms with van der Waals surface area (Å²) in [5.74, 6) is 0.473. The molecule has 0 amide bonds. The fourth-order valence-corrected chi connectivity index (χ4v) is 4.10. The molecule has 2 aromatic carbocycles. The van der Waals surface area contributed by atoms with Gasteiger partial charge in [0, 0.05) is 42.0 Å². The molecule has 0 unspecified atom stereocenters. The summed E-state index contributed by atoms with van der Waals surface area (Å²) in [6.07, 6.45) is 0. The predicted molar refractivity (Wildman–Crippen MR) is 118 cm³/mol. The molecule has 0 atom stereocenters. The van der Waals surface area contributed by atoms with Crippen molar-refractivity contribution in [3.63, 3.8) is 0 Å². The average molecular weight is 435 g/mol. The SMILES string of the molecule is COc1cccc2cc(-c3cc(=O)oc4c(CN5CCOCC5)c(O)ccc34)c(=O)oc12. The summed E-state index contributed by atoms with van der Waals surface area (Å²) in [4.78, 5) is 27.5. The van der Waals surface area contributed by atoms with Crippen LogP contribution in [0.15, 0.2) is 60.9 Å². The molecule has 1 aliphatic heterocycles. The second-order valence-corrected chi connectivity index (χ2v) is 7.63. The third-order valence-corrected chi connectivity index (χ3v) is 5.71. The maximum absolute atomic E-state index is 12.9. The van der Waals surface area contributed by atoms with Gasteiger partial charge in [0.05, 0.1) is 31.5 Å². The summed E-state index contributed by atoms with van der Waals surface area (Å²) in [6, 6.07) is 11.4. The molecule has 4 aromatic rings. The first-order valence-electron chi connectivity index (χ1n) is 10.2. The van der Waals surface area contributed by atoms with Crippen molar-refractivity contribution in [2.75, 3.05) is 33.4 Å². The number of ether oxygens (including phenoxy) is 2. The number of nitrogens with zero attached hydrogens (tertiary/aromatic N) is 1. The minimum Gasteiger partial charge on any atom is -0.507 e. The zero-order valence-electron chi connectivity index (χ0n) is 17.4. The van der Waals surface area contributed by atoms with Crippen LogP contribution in [0.5, 0.6) is 11.5 Å². The van der Waals surface area contributed by atoms with Crippen LogP contribution in [-0.2, 0) is 11.3 Å². The van der Waals surface area contributed by atoms with Crippen molar-refractivity contribution in [1.82, 2.24) is 4.90 Å². The number of methoxy groups -OCH3 is 1. The number of benzene rings is 2. The van der Waals surface area contributed by atoms with E-state index >= 15 is 0 Å². The number of morpholine rings is 1. The first-order chi connectivity index (χ1) is 15.5. The molecule has 0 saturated carbocycles. The van der Waals surface area contributed by atoms with Crippen LogP contribution in [0, 0.1) is 0 Å². The van der Waals surface area contributed by atoms with Crippen LogP contribution in [0.2, 0.25) is 0 Å². The van der Waals surface area contributed by atoms with Crippen molar-refractivity contribution >= 4 is 21.9 Å². The van der Waals surface area contributed by atoms with E-state index in [2.05, 4.69) is 4.90 Å². The quantitative estimate of drug-likeness (QED) is 0.488. The summed E-state index contributed by atoms with van der Waals surface area (Å²) >= 11 is 0. The highest BCUT2D eigenvalue weighted by molar-refractivity contribution is 5.97. The van der Waals surface area contributed by atoms with E-state index in [0.29, 0.717) is 66.1 Å². The third kappa shape index (κ3) is 3.53. The largest absolute Gasteiger partial charge is 0.507 e. The van der Waals surface area contributed by atoms with Gasteiger partial charge in [0.15, 0.2) is 11.3 Å². The fraction of sp³-hybridized carbons (Fsp3) is 0.250. The molecular formula is C24H21NO7. The Morgan fingerprint density at radius 3 is 2.59 bits per heavy atom. The van der Waals surface area contributed by atoms with Crippen LogP contribution in [0.3, 0.4) is 0 Å². The molecule has 1 fully saturated rings. The molecule has 1 N–H and O–H groups in total. The second-order valence-electron chi connectivity index (χ2n) is 7.63. The normalized spacial score (nSPS) is 14.8. The highest BCUT2D eigenvalue weighted by Crippen LogP contribution is 2.34. The van der Waals surface area contributed by atoms with Gasteiger partial charge in [-0.1, -0.05) is 12.1 Å². The molecule has 0 bridgehead atoms. The molecule has 8 nitrogen and oxygen atoms in total. The van der Waals surface area contributed by atoms with Gasteiger partial charge in [0.1, 0.15) is 11.3 Å². The van der Waals surface area contributed by atoms with Crippen molar-refractivity contribution in [3.05, 3.63) is 68.9 Å². The van der Waals surface area contributed by atoms with Gasteiger partial charge in [-0.25, -0.2) is 9.59 Å². The van der Waals surface area contributed by atoms with Crippen molar-refractivity contribution < 1.29 is 23.4 Å². The molecule has 5 rings (SSSR count). The Morgan fingerprint density at radius 1 is 1.00 bits per heavy atom. The Hall–Kier alpha value is -3.62. The molecule has 32 heavy (non-hydrogen) atoms. The lowest BCUT2D eigenvalue weighted by Crippen LogP contribution is -2.35. The molecule has 3 heterocycles. The van der Waals surface area contributed by atoms with E-state index in [1.807, 2.05) is 0 Å². The number of phenolic OH excluding ortho intramolecular Hbond substituents is 1. The van der Waals surface area contributed by atoms with Crippen molar-refractivity contribution in [3.8, 4) is 22.6 Å². The molecule has 8 heteroatoms. The van der Waals surface area contributed by atoms with E-state index in [1.54, 1.807) is 36.4 Å². The van der Waals surface area contributed by atoms with Gasteiger partial charge in [0.25, 0.3) is 0 Å². The van der Waals surface area contributed by atoms with Crippen molar-refractivity contribution in [1.29, 1.82) is 0 Å². The lowest BCUT2D eigenvalue weighted by atomic mass is 9.99. The molecule has 0 radical (unpaired) electrons. The molecule has 1 aliphatic rings. The first kappa shape index (κ1) is 20.3. The van der Waals surface area contributed by atoms with E-state index < -0.39 is 11.3 Å². The second kappa shape index (κ2) is 8.14. The average Bonchev–Trinajstić information content (AvgIpc) is 2.80. The lowest BCUT2D eigenvalue weighted by molar-refractivity contribution is 0.0339. The molecule has 1 saturated heterocycles. The first-order valence-corrected chi connectivity index (χ1v) is 10.2. The minimum absolute atomic E-state index is 0.0274. The summed E-state index contributed by atoms with van der Waals surface area (Å²) < 4.78 is 21.7. The Labute approximate surface area is 182 Å². The van der Waals surface area contributed by atoms with E-state index in [1.165, 1.54) is 13.2 Å². The fourth-order valence-electron chi connectivity index (χ4n) is 4.10. The van der Waals surface area contributed by atoms with E-state index in [-0.39, 0.29) is 16.9 Å². The minimum atomic E-state index is -0.619. The van der Waals surface area contributed by atoms with Gasteiger partial charge in [-0.3, -0.25) is 4.90 Å². The van der Waals surface area contributed by atoms with Crippen molar-refractivity contribution in [2.24, 2.45) is 0 Å². The van der Waals surface area contributed by atoms with Gasteiger partial charge in [-0.05, 0) is 24.3 Å². The number of phenols is 1.